The van der Waals surface area contributed by atoms with Crippen LogP contribution >= 0.6 is 11.3 Å². The largest absolute Gasteiger partial charge is 0.486 e. The van der Waals surface area contributed by atoms with Crippen molar-refractivity contribution in [3.63, 3.8) is 0 Å². The van der Waals surface area contributed by atoms with Crippen LogP contribution in [0.1, 0.15) is 27.9 Å². The van der Waals surface area contributed by atoms with Crippen LogP contribution in [0.3, 0.4) is 0 Å². The first-order valence-corrected chi connectivity index (χ1v) is 13.7. The standard InChI is InChI=1S/C20H13N2OS.C14H14N.Ir/c1-11-10-24-20-13(11)8-9-17(22-20)16-5-3-4-14-15-7-6-12(2)21-19(15)23-18(14)16;1-10-4-6-13(7-5-10)14-8-11(2)12(3)9-15-14;/h3-4,6-10H,1-2H3;4-6,8-9H,1-3H3;/q2*-1;. The van der Waals surface area contributed by atoms with Gasteiger partial charge in [-0.15, -0.1) is 64.9 Å². The number of nitrogens with zero attached hydrogens (tertiary/aromatic N) is 3. The summed E-state index contributed by atoms with van der Waals surface area (Å²) in [5.74, 6) is 0. The predicted octanol–water partition coefficient (Wildman–Crippen LogP) is 9.15. The van der Waals surface area contributed by atoms with Crippen LogP contribution in [0.4, 0.5) is 0 Å². The van der Waals surface area contributed by atoms with E-state index in [4.69, 9.17) is 9.40 Å². The van der Waals surface area contributed by atoms with Crippen LogP contribution in [0.5, 0.6) is 0 Å². The minimum Gasteiger partial charge on any atom is -0.486 e. The number of furan rings is 1. The number of pyridine rings is 3. The van der Waals surface area contributed by atoms with Gasteiger partial charge in [-0.1, -0.05) is 41.6 Å². The van der Waals surface area contributed by atoms with Gasteiger partial charge in [-0.3, -0.25) is 4.98 Å². The summed E-state index contributed by atoms with van der Waals surface area (Å²) in [5.41, 5.74) is 11.2. The Balaban J connectivity index is 0.000000175. The van der Waals surface area contributed by atoms with E-state index in [0.29, 0.717) is 5.71 Å². The van der Waals surface area contributed by atoms with Crippen LogP contribution in [0.2, 0.25) is 0 Å². The molecule has 1 radical (unpaired) electrons. The second kappa shape index (κ2) is 11.4. The molecule has 0 spiro atoms. The van der Waals surface area contributed by atoms with Gasteiger partial charge in [0.05, 0.1) is 5.58 Å². The number of fused-ring (bicyclic) bond motifs is 4. The molecule has 0 aliphatic rings. The average molecular weight is 718 g/mol. The minimum atomic E-state index is 0. The summed E-state index contributed by atoms with van der Waals surface area (Å²) in [5, 5.41) is 5.42. The molecule has 2 aromatic carbocycles. The molecule has 0 atom stereocenters. The molecule has 0 aliphatic heterocycles. The van der Waals surface area contributed by atoms with E-state index >= 15 is 0 Å². The first kappa shape index (κ1) is 27.9. The van der Waals surface area contributed by atoms with Crippen molar-refractivity contribution in [1.29, 1.82) is 0 Å². The Morgan fingerprint density at radius 2 is 1.57 bits per heavy atom. The Morgan fingerprint density at radius 1 is 0.750 bits per heavy atom. The molecule has 0 unspecified atom stereocenters. The van der Waals surface area contributed by atoms with Gasteiger partial charge in [-0.25, -0.2) is 4.98 Å². The van der Waals surface area contributed by atoms with Gasteiger partial charge in [-0.05, 0) is 67.7 Å². The molecule has 7 aromatic rings. The van der Waals surface area contributed by atoms with Crippen LogP contribution in [-0.4, -0.2) is 15.0 Å². The Kier molecular flexibility index (Phi) is 7.95. The topological polar surface area (TPSA) is 51.8 Å². The SMILES string of the molecule is Cc1c[c-]c(-c2cc(C)c(C)cn2)cc1.Cc1ccc2c(n1)oc1c(-c3ccc4c(C)csc4n3)[c-]ccc12.[Ir]. The Bertz CT molecular complexity index is 1970. The summed E-state index contributed by atoms with van der Waals surface area (Å²) >= 11 is 1.67. The van der Waals surface area contributed by atoms with E-state index in [-0.39, 0.29) is 20.1 Å². The number of aryl methyl sites for hydroxylation is 5. The van der Waals surface area contributed by atoms with Gasteiger partial charge in [0.15, 0.2) is 0 Å². The van der Waals surface area contributed by atoms with E-state index in [0.717, 1.165) is 49.4 Å². The maximum absolute atomic E-state index is 6.06. The molecule has 0 aliphatic carbocycles. The number of hydrogen-bond donors (Lipinski definition) is 0. The third kappa shape index (κ3) is 5.35. The van der Waals surface area contributed by atoms with Crippen molar-refractivity contribution in [3.8, 4) is 22.5 Å². The summed E-state index contributed by atoms with van der Waals surface area (Å²) in [4.78, 5) is 14.8. The van der Waals surface area contributed by atoms with Crippen LogP contribution < -0.4 is 0 Å². The van der Waals surface area contributed by atoms with Gasteiger partial charge in [-0.2, -0.15) is 0 Å². The maximum atomic E-state index is 6.06. The molecule has 6 heteroatoms. The van der Waals surface area contributed by atoms with Crippen molar-refractivity contribution in [2.45, 2.75) is 34.6 Å². The molecule has 40 heavy (non-hydrogen) atoms. The molecule has 5 heterocycles. The third-order valence-corrected chi connectivity index (χ3v) is 7.95. The average Bonchev–Trinajstić information content (AvgIpc) is 3.50. The molecule has 0 bridgehead atoms. The third-order valence-electron chi connectivity index (χ3n) is 6.94. The molecule has 0 saturated carbocycles. The monoisotopic (exact) mass is 718 g/mol. The quantitative estimate of drug-likeness (QED) is 0.168. The summed E-state index contributed by atoms with van der Waals surface area (Å²) in [6, 6.07) is 27.0. The van der Waals surface area contributed by atoms with Crippen molar-refractivity contribution >= 4 is 43.6 Å². The molecule has 201 valence electrons. The zero-order chi connectivity index (χ0) is 27.1. The van der Waals surface area contributed by atoms with E-state index in [1.807, 2.05) is 43.5 Å². The Hall–Kier alpha value is -3.70. The van der Waals surface area contributed by atoms with Gasteiger partial charge < -0.3 is 9.40 Å². The summed E-state index contributed by atoms with van der Waals surface area (Å²) < 4.78 is 6.06. The van der Waals surface area contributed by atoms with Crippen molar-refractivity contribution in [3.05, 3.63) is 112 Å². The van der Waals surface area contributed by atoms with Crippen molar-refractivity contribution in [2.24, 2.45) is 0 Å². The van der Waals surface area contributed by atoms with Gasteiger partial charge >= 0.3 is 0 Å². The Labute approximate surface area is 251 Å². The van der Waals surface area contributed by atoms with E-state index in [9.17, 15) is 0 Å². The predicted molar refractivity (Wildman–Crippen MR) is 161 cm³/mol. The molecule has 5 aromatic heterocycles. The minimum absolute atomic E-state index is 0. The number of aromatic nitrogens is 3. The molecule has 0 N–H and O–H groups in total. The van der Waals surface area contributed by atoms with Crippen molar-refractivity contribution in [1.82, 2.24) is 15.0 Å². The fourth-order valence-electron chi connectivity index (χ4n) is 4.52. The summed E-state index contributed by atoms with van der Waals surface area (Å²) in [7, 11) is 0. The van der Waals surface area contributed by atoms with E-state index < -0.39 is 0 Å². The normalized spacial score (nSPS) is 10.9. The number of rotatable bonds is 2. The Morgan fingerprint density at radius 3 is 2.35 bits per heavy atom. The first-order chi connectivity index (χ1) is 18.9. The van der Waals surface area contributed by atoms with Crippen LogP contribution in [0.15, 0.2) is 76.7 Å². The molecule has 7 rings (SSSR count). The number of benzene rings is 2. The van der Waals surface area contributed by atoms with Gasteiger partial charge in [0.2, 0.25) is 5.71 Å². The van der Waals surface area contributed by atoms with E-state index in [1.54, 1.807) is 11.3 Å². The van der Waals surface area contributed by atoms with E-state index in [2.05, 4.69) is 85.5 Å². The van der Waals surface area contributed by atoms with Gasteiger partial charge in [0.1, 0.15) is 4.83 Å². The van der Waals surface area contributed by atoms with Crippen molar-refractivity contribution in [2.75, 3.05) is 0 Å². The summed E-state index contributed by atoms with van der Waals surface area (Å²) in [6.07, 6.45) is 1.92. The second-order valence-corrected chi connectivity index (χ2v) is 10.8. The van der Waals surface area contributed by atoms with Crippen molar-refractivity contribution < 1.29 is 24.5 Å². The molecular formula is C34H27IrN3OS-2. The maximum Gasteiger partial charge on any atom is 0.216 e. The van der Waals surface area contributed by atoms with Crippen LogP contribution in [-0.2, 0) is 20.1 Å². The smallest absolute Gasteiger partial charge is 0.216 e. The number of hydrogen-bond acceptors (Lipinski definition) is 5. The number of thiophene rings is 1. The van der Waals surface area contributed by atoms with Crippen LogP contribution in [0, 0.1) is 46.8 Å². The first-order valence-electron chi connectivity index (χ1n) is 12.8. The zero-order valence-corrected chi connectivity index (χ0v) is 26.1. The molecular weight excluding hydrogens is 691 g/mol. The fraction of sp³-hybridized carbons (Fsp3) is 0.147. The van der Waals surface area contributed by atoms with E-state index in [1.165, 1.54) is 27.6 Å². The fourth-order valence-corrected chi connectivity index (χ4v) is 5.44. The molecule has 0 saturated heterocycles. The second-order valence-electron chi connectivity index (χ2n) is 9.90. The van der Waals surface area contributed by atoms with Crippen LogP contribution in [0.25, 0.3) is 54.8 Å². The van der Waals surface area contributed by atoms with Gasteiger partial charge in [0, 0.05) is 42.8 Å². The molecule has 0 fully saturated rings. The summed E-state index contributed by atoms with van der Waals surface area (Å²) in [6.45, 7) is 10.3. The molecule has 4 nitrogen and oxygen atoms in total. The van der Waals surface area contributed by atoms with Gasteiger partial charge in [0.25, 0.3) is 0 Å². The zero-order valence-electron chi connectivity index (χ0n) is 22.9. The molecule has 0 amide bonds.